The van der Waals surface area contributed by atoms with Gasteiger partial charge in [-0.2, -0.15) is 0 Å². The second-order valence-corrected chi connectivity index (χ2v) is 6.28. The summed E-state index contributed by atoms with van der Waals surface area (Å²) in [5, 5.41) is 0. The van der Waals surface area contributed by atoms with Gasteiger partial charge in [-0.3, -0.25) is 0 Å². The monoisotopic (exact) mass is 295 g/mol. The van der Waals surface area contributed by atoms with Gasteiger partial charge in [0.2, 0.25) is 0 Å². The molecule has 116 valence electrons. The van der Waals surface area contributed by atoms with Crippen molar-refractivity contribution in [2.45, 2.75) is 19.3 Å². The largest absolute Gasteiger partial charge is 0.494 e. The Morgan fingerprint density at radius 1 is 0.955 bits per heavy atom. The molecule has 1 aliphatic heterocycles. The van der Waals surface area contributed by atoms with Crippen LogP contribution in [0.5, 0.6) is 5.75 Å². The minimum absolute atomic E-state index is 0.826. The van der Waals surface area contributed by atoms with Crippen molar-refractivity contribution >= 4 is 0 Å². The Kier molecular flexibility index (Phi) is 5.12. The Labute approximate surface area is 133 Å². The first-order valence-corrected chi connectivity index (χ1v) is 8.28. The van der Waals surface area contributed by atoms with E-state index in [9.17, 15) is 0 Å². The van der Waals surface area contributed by atoms with Crippen LogP contribution in [0.1, 0.15) is 19.3 Å². The van der Waals surface area contributed by atoms with Crippen LogP contribution in [0, 0.1) is 5.92 Å². The molecule has 0 bridgehead atoms. The van der Waals surface area contributed by atoms with Crippen LogP contribution in [0.4, 0.5) is 0 Å². The number of likely N-dealkylation sites (tertiary alicyclic amines) is 1. The molecule has 22 heavy (non-hydrogen) atoms. The van der Waals surface area contributed by atoms with Gasteiger partial charge in [0.25, 0.3) is 0 Å². The summed E-state index contributed by atoms with van der Waals surface area (Å²) in [5.41, 5.74) is 2.46. The van der Waals surface area contributed by atoms with Gasteiger partial charge >= 0.3 is 0 Å². The summed E-state index contributed by atoms with van der Waals surface area (Å²) >= 11 is 0. The van der Waals surface area contributed by atoms with Gasteiger partial charge in [0.15, 0.2) is 0 Å². The lowest BCUT2D eigenvalue weighted by Crippen LogP contribution is -2.30. The summed E-state index contributed by atoms with van der Waals surface area (Å²) < 4.78 is 5.98. The van der Waals surface area contributed by atoms with E-state index >= 15 is 0 Å². The van der Waals surface area contributed by atoms with E-state index in [2.05, 4.69) is 60.5 Å². The van der Waals surface area contributed by atoms with Gasteiger partial charge in [-0.05, 0) is 68.6 Å². The minimum atomic E-state index is 0.826. The van der Waals surface area contributed by atoms with Gasteiger partial charge in [0.1, 0.15) is 5.75 Å². The maximum absolute atomic E-state index is 5.98. The van der Waals surface area contributed by atoms with Crippen LogP contribution in [0.15, 0.2) is 54.6 Å². The van der Waals surface area contributed by atoms with Crippen molar-refractivity contribution in [2.24, 2.45) is 5.92 Å². The summed E-state index contributed by atoms with van der Waals surface area (Å²) in [6, 6.07) is 18.9. The highest BCUT2D eigenvalue weighted by Crippen LogP contribution is 2.24. The van der Waals surface area contributed by atoms with Crippen LogP contribution in [-0.2, 0) is 0 Å². The molecule has 1 heterocycles. The van der Waals surface area contributed by atoms with Crippen LogP contribution in [0.2, 0.25) is 0 Å². The molecule has 2 aromatic rings. The normalized spacial score (nSPS) is 16.6. The van der Waals surface area contributed by atoms with Crippen molar-refractivity contribution in [3.8, 4) is 16.9 Å². The lowest BCUT2D eigenvalue weighted by atomic mass is 9.94. The second-order valence-electron chi connectivity index (χ2n) is 6.28. The summed E-state index contributed by atoms with van der Waals surface area (Å²) in [6.45, 7) is 3.29. The summed E-state index contributed by atoms with van der Waals surface area (Å²) in [6.07, 6.45) is 3.79. The van der Waals surface area contributed by atoms with Gasteiger partial charge in [0, 0.05) is 0 Å². The van der Waals surface area contributed by atoms with E-state index in [1.165, 1.54) is 43.5 Å². The molecule has 2 nitrogen and oxygen atoms in total. The zero-order valence-electron chi connectivity index (χ0n) is 13.4. The molecule has 2 aromatic carbocycles. The van der Waals surface area contributed by atoms with Crippen molar-refractivity contribution in [1.82, 2.24) is 4.90 Å². The van der Waals surface area contributed by atoms with Crippen LogP contribution >= 0.6 is 0 Å². The Hall–Kier alpha value is -1.80. The van der Waals surface area contributed by atoms with E-state index in [1.807, 2.05) is 6.07 Å². The first-order chi connectivity index (χ1) is 10.8. The molecule has 1 saturated heterocycles. The van der Waals surface area contributed by atoms with E-state index in [0.29, 0.717) is 0 Å². The molecule has 2 heteroatoms. The third-order valence-corrected chi connectivity index (χ3v) is 4.57. The van der Waals surface area contributed by atoms with Crippen molar-refractivity contribution in [3.05, 3.63) is 54.6 Å². The highest BCUT2D eigenvalue weighted by molar-refractivity contribution is 5.64. The minimum Gasteiger partial charge on any atom is -0.494 e. The lowest BCUT2D eigenvalue weighted by Gasteiger charge is -2.28. The zero-order valence-corrected chi connectivity index (χ0v) is 13.4. The van der Waals surface area contributed by atoms with E-state index < -0.39 is 0 Å². The fourth-order valence-electron chi connectivity index (χ4n) is 3.09. The van der Waals surface area contributed by atoms with E-state index in [-0.39, 0.29) is 0 Å². The molecule has 1 fully saturated rings. The number of hydrogen-bond acceptors (Lipinski definition) is 2. The molecule has 0 N–H and O–H groups in total. The number of ether oxygens (including phenoxy) is 1. The quantitative estimate of drug-likeness (QED) is 0.807. The maximum atomic E-state index is 5.98. The molecule has 0 unspecified atom stereocenters. The topological polar surface area (TPSA) is 12.5 Å². The molecule has 0 spiro atoms. The van der Waals surface area contributed by atoms with Gasteiger partial charge in [0.05, 0.1) is 6.61 Å². The van der Waals surface area contributed by atoms with Crippen molar-refractivity contribution in [3.63, 3.8) is 0 Å². The van der Waals surface area contributed by atoms with E-state index in [0.717, 1.165) is 18.3 Å². The predicted octanol–water partition coefficient (Wildman–Crippen LogP) is 4.46. The summed E-state index contributed by atoms with van der Waals surface area (Å²) in [7, 11) is 2.21. The molecule has 0 radical (unpaired) electrons. The highest BCUT2D eigenvalue weighted by Gasteiger charge is 2.16. The molecule has 1 aliphatic rings. The van der Waals surface area contributed by atoms with Crippen LogP contribution < -0.4 is 4.74 Å². The van der Waals surface area contributed by atoms with Gasteiger partial charge < -0.3 is 9.64 Å². The molecule has 0 aromatic heterocycles. The van der Waals surface area contributed by atoms with Crippen LogP contribution in [0.3, 0.4) is 0 Å². The third-order valence-electron chi connectivity index (χ3n) is 4.57. The summed E-state index contributed by atoms with van der Waals surface area (Å²) in [5.74, 6) is 1.81. The standard InChI is InChI=1S/C20H25NO/c1-21-13-10-17(11-14-21)12-15-22-20-9-5-8-19(16-20)18-6-3-2-4-7-18/h2-9,16-17H,10-15H2,1H3. The van der Waals surface area contributed by atoms with Crippen LogP contribution in [-0.4, -0.2) is 31.6 Å². The highest BCUT2D eigenvalue weighted by atomic mass is 16.5. The average Bonchev–Trinajstić information content (AvgIpc) is 2.58. The molecule has 0 atom stereocenters. The third kappa shape index (κ3) is 4.11. The van der Waals surface area contributed by atoms with Gasteiger partial charge in [-0.1, -0.05) is 42.5 Å². The lowest BCUT2D eigenvalue weighted by molar-refractivity contribution is 0.187. The SMILES string of the molecule is CN1CCC(CCOc2cccc(-c3ccccc3)c2)CC1. The Bertz CT molecular complexity index is 573. The van der Waals surface area contributed by atoms with Crippen molar-refractivity contribution in [1.29, 1.82) is 0 Å². The number of rotatable bonds is 5. The van der Waals surface area contributed by atoms with Crippen molar-refractivity contribution < 1.29 is 4.74 Å². The zero-order chi connectivity index (χ0) is 15.2. The summed E-state index contributed by atoms with van der Waals surface area (Å²) in [4.78, 5) is 2.42. The second kappa shape index (κ2) is 7.46. The fourth-order valence-corrected chi connectivity index (χ4v) is 3.09. The fraction of sp³-hybridized carbons (Fsp3) is 0.400. The molecule has 0 saturated carbocycles. The molecule has 0 aliphatic carbocycles. The predicted molar refractivity (Wildman–Crippen MR) is 92.2 cm³/mol. The van der Waals surface area contributed by atoms with Gasteiger partial charge in [-0.25, -0.2) is 0 Å². The first kappa shape index (κ1) is 15.1. The van der Waals surface area contributed by atoms with Crippen LogP contribution in [0.25, 0.3) is 11.1 Å². The van der Waals surface area contributed by atoms with Crippen molar-refractivity contribution in [2.75, 3.05) is 26.7 Å². The van der Waals surface area contributed by atoms with E-state index in [1.54, 1.807) is 0 Å². The van der Waals surface area contributed by atoms with E-state index in [4.69, 9.17) is 4.74 Å². The Morgan fingerprint density at radius 3 is 2.45 bits per heavy atom. The smallest absolute Gasteiger partial charge is 0.119 e. The number of hydrogen-bond donors (Lipinski definition) is 0. The number of nitrogens with zero attached hydrogens (tertiary/aromatic N) is 1. The molecular formula is C20H25NO. The number of benzene rings is 2. The Morgan fingerprint density at radius 2 is 1.68 bits per heavy atom. The molecule has 0 amide bonds. The van der Waals surface area contributed by atoms with Gasteiger partial charge in [-0.15, -0.1) is 0 Å². The number of piperidine rings is 1. The first-order valence-electron chi connectivity index (χ1n) is 8.28. The average molecular weight is 295 g/mol. The molecule has 3 rings (SSSR count). The Balaban J connectivity index is 1.53. The maximum Gasteiger partial charge on any atom is 0.119 e. The molecular weight excluding hydrogens is 270 g/mol.